The van der Waals surface area contributed by atoms with Crippen molar-refractivity contribution in [3.63, 3.8) is 0 Å². The van der Waals surface area contributed by atoms with Crippen LogP contribution < -0.4 is 10.8 Å². The molecule has 0 aromatic heterocycles. The van der Waals surface area contributed by atoms with E-state index in [0.717, 1.165) is 5.56 Å². The Labute approximate surface area is 633 Å². The number of carbonyl (C=O) groups is 1. The van der Waals surface area contributed by atoms with Crippen molar-refractivity contribution in [2.24, 2.45) is 0 Å². The standard InChI is InChI=1S/2C38H80N.C9H11NO2.C7H8O3S/c2*1-5-7-8-9-10-11-12-13-14-15-16-17-18-19-20-21-22-23-24-25-26-27-28-29-30-31-32-33-34-35-36-37-38-39(3,4)6-2;1-5-6(2)8(10)4-3-7(5)9(11)12;8-11(9,10)6-7-4-2-1-3-5-7/h2*5-38H2,1-4H3;3-4H,10H2,1-2H3,(H,11,12);1-5H,6H2,(H,8,9,10)/q2*+1;;/p-2. The van der Waals surface area contributed by atoms with Gasteiger partial charge in [0.2, 0.25) is 0 Å². The lowest BCUT2D eigenvalue weighted by atomic mass is 10.0. The smallest absolute Gasteiger partial charge is 0.0988 e. The summed E-state index contributed by atoms with van der Waals surface area (Å²) in [6.45, 7) is 18.0. The highest BCUT2D eigenvalue weighted by Gasteiger charge is 2.12. The van der Waals surface area contributed by atoms with Gasteiger partial charge in [-0.2, -0.15) is 0 Å². The van der Waals surface area contributed by atoms with Gasteiger partial charge in [-0.15, -0.1) is 0 Å². The average molecular weight is 1440 g/mol. The van der Waals surface area contributed by atoms with E-state index < -0.39 is 21.8 Å². The summed E-state index contributed by atoms with van der Waals surface area (Å²) in [6.07, 6.45) is 94.7. The number of carbonyl (C=O) groups excluding carboxylic acids is 1. The van der Waals surface area contributed by atoms with Crippen LogP contribution >= 0.6 is 0 Å². The number of unbranched alkanes of at least 4 members (excludes halogenated alkanes) is 62. The first-order valence-corrected chi connectivity index (χ1v) is 46.1. The predicted octanol–water partition coefficient (Wildman–Crippen LogP) is 28.2. The fourth-order valence-electron chi connectivity index (χ4n) is 14.0. The largest absolute Gasteiger partial charge is 0.748 e. The van der Waals surface area contributed by atoms with Crippen molar-refractivity contribution in [3.05, 3.63) is 64.7 Å². The molecule has 0 aliphatic rings. The number of nitrogens with two attached hydrogens (primary N) is 1. The van der Waals surface area contributed by atoms with Crippen molar-refractivity contribution >= 4 is 21.8 Å². The molecule has 0 unspecified atom stereocenters. The SMILES string of the molecule is CCCCCCCCCCCCCCCCCCCCCCCCCCCCCCCCCC[N+](C)(C)CC.CCCCCCCCCCCCCCCCCCCCCCCCCCCCCCCCCC[N+](C)(C)CC.Cc1c(N)ccc(C(=O)[O-])c1C.O=S(=O)([O-])Cc1ccccc1. The Kier molecular flexibility index (Phi) is 75.5. The Morgan fingerprint density at radius 2 is 0.515 bits per heavy atom. The third-order valence-electron chi connectivity index (χ3n) is 22.2. The van der Waals surface area contributed by atoms with Gasteiger partial charge in [0, 0.05) is 11.3 Å². The Balaban J connectivity index is 0. The lowest BCUT2D eigenvalue weighted by Crippen LogP contribution is -2.39. The molecule has 2 aromatic rings. The number of benzene rings is 2. The lowest BCUT2D eigenvalue weighted by Gasteiger charge is -2.28. The van der Waals surface area contributed by atoms with Crippen LogP contribution in [0.3, 0.4) is 0 Å². The summed E-state index contributed by atoms with van der Waals surface area (Å²) >= 11 is 0. The molecule has 101 heavy (non-hydrogen) atoms. The van der Waals surface area contributed by atoms with Crippen LogP contribution in [0.15, 0.2) is 42.5 Å². The minimum Gasteiger partial charge on any atom is -0.748 e. The molecule has 2 rings (SSSR count). The van der Waals surface area contributed by atoms with Gasteiger partial charge in [-0.1, -0.05) is 435 Å². The number of nitrogens with zero attached hydrogens (tertiary/aromatic N) is 2. The lowest BCUT2D eigenvalue weighted by molar-refractivity contribution is -0.888. The van der Waals surface area contributed by atoms with Gasteiger partial charge >= 0.3 is 0 Å². The molecule has 0 aliphatic heterocycles. The van der Waals surface area contributed by atoms with Gasteiger partial charge in [-0.25, -0.2) is 8.42 Å². The highest BCUT2D eigenvalue weighted by Crippen LogP contribution is 2.22. The second-order valence-electron chi connectivity index (χ2n) is 32.8. The van der Waals surface area contributed by atoms with Gasteiger partial charge in [0.1, 0.15) is 0 Å². The molecule has 0 saturated carbocycles. The number of anilines is 1. The molecule has 8 nitrogen and oxygen atoms in total. The Hall–Kier alpha value is -2.46. The van der Waals surface area contributed by atoms with Crippen molar-refractivity contribution in [3.8, 4) is 0 Å². The average Bonchev–Trinajstić information content (AvgIpc) is 0.844. The van der Waals surface area contributed by atoms with Crippen molar-refractivity contribution in [1.29, 1.82) is 0 Å². The van der Waals surface area contributed by atoms with E-state index in [0.29, 0.717) is 16.8 Å². The molecule has 0 bridgehead atoms. The zero-order valence-electron chi connectivity index (χ0n) is 69.8. The molecule has 9 heteroatoms. The number of hydrogen-bond acceptors (Lipinski definition) is 6. The molecule has 2 aromatic carbocycles. The molecule has 0 aliphatic carbocycles. The summed E-state index contributed by atoms with van der Waals surface area (Å²) in [7, 11) is 5.33. The Morgan fingerprint density at radius 1 is 0.317 bits per heavy atom. The topological polar surface area (TPSA) is 123 Å². The Bertz CT molecular complexity index is 2030. The molecule has 0 amide bonds. The van der Waals surface area contributed by atoms with E-state index in [2.05, 4.69) is 55.9 Å². The minimum absolute atomic E-state index is 0.210. The van der Waals surface area contributed by atoms with Crippen LogP contribution in [-0.2, 0) is 15.9 Å². The van der Waals surface area contributed by atoms with Gasteiger partial charge in [0.15, 0.2) is 0 Å². The van der Waals surface area contributed by atoms with Crippen LogP contribution in [0.1, 0.15) is 466 Å². The van der Waals surface area contributed by atoms with Crippen LogP contribution in [0, 0.1) is 13.8 Å². The van der Waals surface area contributed by atoms with E-state index in [9.17, 15) is 22.9 Å². The van der Waals surface area contributed by atoms with E-state index in [1.54, 1.807) is 50.2 Å². The molecule has 0 heterocycles. The maximum absolute atomic E-state index is 10.5. The van der Waals surface area contributed by atoms with Gasteiger partial charge in [-0.3, -0.25) is 0 Å². The first kappa shape index (κ1) is 101. The number of hydrogen-bond donors (Lipinski definition) is 1. The summed E-state index contributed by atoms with van der Waals surface area (Å²) < 4.78 is 33.1. The first-order chi connectivity index (χ1) is 48.9. The highest BCUT2D eigenvalue weighted by atomic mass is 32.2. The maximum atomic E-state index is 10.5. The maximum Gasteiger partial charge on any atom is 0.0988 e. The monoisotopic (exact) mass is 1440 g/mol. The number of rotatable bonds is 71. The first-order valence-electron chi connectivity index (χ1n) is 44.5. The quantitative estimate of drug-likeness (QED) is 0.0305. The van der Waals surface area contributed by atoms with Crippen molar-refractivity contribution in [1.82, 2.24) is 0 Å². The molecular weight excluding hydrogens is 1260 g/mol. The van der Waals surface area contributed by atoms with Crippen LogP contribution in [0.4, 0.5) is 5.69 Å². The van der Waals surface area contributed by atoms with E-state index in [-0.39, 0.29) is 5.56 Å². The molecule has 2 N–H and O–H groups in total. The van der Waals surface area contributed by atoms with E-state index in [4.69, 9.17) is 5.73 Å². The zero-order chi connectivity index (χ0) is 74.7. The zero-order valence-corrected chi connectivity index (χ0v) is 70.6. The molecule has 0 spiro atoms. The van der Waals surface area contributed by atoms with E-state index in [1.807, 2.05) is 0 Å². The Morgan fingerprint density at radius 3 is 0.693 bits per heavy atom. The fraction of sp³-hybridized carbons (Fsp3) is 0.859. The van der Waals surface area contributed by atoms with Gasteiger partial charge in [0.05, 0.1) is 76.2 Å². The van der Waals surface area contributed by atoms with Gasteiger partial charge in [-0.05, 0) is 76.1 Å². The predicted molar refractivity (Wildman–Crippen MR) is 446 cm³/mol. The summed E-state index contributed by atoms with van der Waals surface area (Å²) in [5.74, 6) is -1.58. The number of carboxylic acid groups (broad SMARTS) is 1. The van der Waals surface area contributed by atoms with Crippen molar-refractivity contribution in [2.45, 2.75) is 458 Å². The second-order valence-corrected chi connectivity index (χ2v) is 34.2. The van der Waals surface area contributed by atoms with Crippen LogP contribution in [0.25, 0.3) is 0 Å². The van der Waals surface area contributed by atoms with E-state index >= 15 is 0 Å². The minimum atomic E-state index is -4.13. The van der Waals surface area contributed by atoms with Crippen molar-refractivity contribution in [2.75, 3.05) is 60.1 Å². The van der Waals surface area contributed by atoms with Crippen LogP contribution in [0.5, 0.6) is 0 Å². The summed E-state index contributed by atoms with van der Waals surface area (Å²) in [6, 6.07) is 11.4. The molecule has 0 atom stereocenters. The van der Waals surface area contributed by atoms with E-state index in [1.165, 1.54) is 452 Å². The highest BCUT2D eigenvalue weighted by molar-refractivity contribution is 7.84. The third kappa shape index (κ3) is 77.0. The summed E-state index contributed by atoms with van der Waals surface area (Å²) in [4.78, 5) is 10.5. The summed E-state index contributed by atoms with van der Waals surface area (Å²) in [5, 5.41) is 10.5. The fourth-order valence-corrected chi connectivity index (χ4v) is 14.6. The number of carboxylic acids is 1. The van der Waals surface area contributed by atoms with Crippen molar-refractivity contribution < 1.29 is 31.8 Å². The molecule has 0 radical (unpaired) electrons. The normalized spacial score (nSPS) is 11.7. The summed E-state index contributed by atoms with van der Waals surface area (Å²) in [5.41, 5.74) is 8.40. The molecule has 0 saturated heterocycles. The van der Waals surface area contributed by atoms with Crippen LogP contribution in [0.2, 0.25) is 0 Å². The number of quaternary nitrogens is 2. The molecule has 596 valence electrons. The number of nitrogen functional groups attached to an aromatic ring is 1. The van der Waals surface area contributed by atoms with Crippen LogP contribution in [-0.4, -0.2) is 82.3 Å². The van der Waals surface area contributed by atoms with Gasteiger partial charge in [0.25, 0.3) is 0 Å². The molecule has 0 fully saturated rings. The third-order valence-corrected chi connectivity index (χ3v) is 22.9. The molecular formula is C92H177N3O5S. The second kappa shape index (κ2) is 75.8. The number of aromatic carboxylic acids is 1. The van der Waals surface area contributed by atoms with Gasteiger partial charge < -0.3 is 29.2 Å².